The summed E-state index contributed by atoms with van der Waals surface area (Å²) in [5, 5.41) is 6.20. The highest BCUT2D eigenvalue weighted by atomic mass is 16.1. The summed E-state index contributed by atoms with van der Waals surface area (Å²) in [6.45, 7) is 4.14. The van der Waals surface area contributed by atoms with E-state index in [1.54, 1.807) is 12.4 Å². The molecule has 0 bridgehead atoms. The van der Waals surface area contributed by atoms with Gasteiger partial charge in [-0.15, -0.1) is 0 Å². The lowest BCUT2D eigenvalue weighted by Gasteiger charge is -2.12. The minimum Gasteiger partial charge on any atom is -0.349 e. The molecule has 0 aliphatic heterocycles. The molecule has 1 amide bonds. The second kappa shape index (κ2) is 6.77. The van der Waals surface area contributed by atoms with Gasteiger partial charge in [-0.1, -0.05) is 18.9 Å². The van der Waals surface area contributed by atoms with Gasteiger partial charge in [-0.2, -0.15) is 0 Å². The lowest BCUT2D eigenvalue weighted by Crippen LogP contribution is -2.32. The number of nitrogens with one attached hydrogen (secondary N) is 2. The quantitative estimate of drug-likeness (QED) is 0.907. The molecule has 5 heteroatoms. The fourth-order valence-corrected chi connectivity index (χ4v) is 2.80. The van der Waals surface area contributed by atoms with Crippen molar-refractivity contribution in [3.05, 3.63) is 47.3 Å². The lowest BCUT2D eigenvalue weighted by molar-refractivity contribution is 0.0937. The zero-order valence-corrected chi connectivity index (χ0v) is 13.6. The topological polar surface area (TPSA) is 66.9 Å². The third-order valence-corrected chi connectivity index (χ3v) is 4.37. The molecule has 0 unspecified atom stereocenters. The molecule has 1 aliphatic rings. The predicted molar refractivity (Wildman–Crippen MR) is 91.0 cm³/mol. The maximum absolute atomic E-state index is 12.1. The van der Waals surface area contributed by atoms with Crippen molar-refractivity contribution in [2.45, 2.75) is 45.6 Å². The van der Waals surface area contributed by atoms with E-state index in [9.17, 15) is 4.79 Å². The maximum Gasteiger partial charge on any atom is 0.254 e. The van der Waals surface area contributed by atoms with Gasteiger partial charge in [0.05, 0.1) is 5.56 Å². The van der Waals surface area contributed by atoms with E-state index < -0.39 is 0 Å². The van der Waals surface area contributed by atoms with Crippen molar-refractivity contribution in [2.75, 3.05) is 5.32 Å². The standard InChI is InChI=1S/C18H22N4O/c1-12-7-8-16(9-13(12)2)22-18-19-10-14(11-20-18)17(23)21-15-5-3-4-6-15/h7-11,15H,3-6H2,1-2H3,(H,21,23)(H,19,20,22). The van der Waals surface area contributed by atoms with Crippen LogP contribution >= 0.6 is 0 Å². The molecule has 0 spiro atoms. The van der Waals surface area contributed by atoms with Gasteiger partial charge in [-0.05, 0) is 49.9 Å². The summed E-state index contributed by atoms with van der Waals surface area (Å²) >= 11 is 0. The van der Waals surface area contributed by atoms with Gasteiger partial charge in [0.1, 0.15) is 0 Å². The van der Waals surface area contributed by atoms with E-state index in [0.717, 1.165) is 18.5 Å². The van der Waals surface area contributed by atoms with Crippen molar-refractivity contribution < 1.29 is 4.79 Å². The van der Waals surface area contributed by atoms with Crippen molar-refractivity contribution in [3.63, 3.8) is 0 Å². The normalized spacial score (nSPS) is 14.7. The van der Waals surface area contributed by atoms with Crippen LogP contribution in [-0.2, 0) is 0 Å². The smallest absolute Gasteiger partial charge is 0.254 e. The molecule has 1 aromatic heterocycles. The summed E-state index contributed by atoms with van der Waals surface area (Å²) in [7, 11) is 0. The number of benzene rings is 1. The van der Waals surface area contributed by atoms with Crippen molar-refractivity contribution >= 4 is 17.5 Å². The van der Waals surface area contributed by atoms with Crippen LogP contribution in [0.2, 0.25) is 0 Å². The molecule has 2 aromatic rings. The molecule has 3 rings (SSSR count). The second-order valence-electron chi connectivity index (χ2n) is 6.17. The summed E-state index contributed by atoms with van der Waals surface area (Å²) in [6.07, 6.45) is 7.67. The molecule has 1 aromatic carbocycles. The molecule has 23 heavy (non-hydrogen) atoms. The molecule has 0 atom stereocenters. The number of rotatable bonds is 4. The average molecular weight is 310 g/mol. The number of hydrogen-bond donors (Lipinski definition) is 2. The zero-order valence-electron chi connectivity index (χ0n) is 13.6. The van der Waals surface area contributed by atoms with Crippen LogP contribution < -0.4 is 10.6 Å². The number of carbonyl (C=O) groups excluding carboxylic acids is 1. The number of aromatic nitrogens is 2. The molecule has 120 valence electrons. The van der Waals surface area contributed by atoms with Crippen LogP contribution in [0.1, 0.15) is 47.2 Å². The molecule has 2 N–H and O–H groups in total. The number of amides is 1. The Hall–Kier alpha value is -2.43. The summed E-state index contributed by atoms with van der Waals surface area (Å²) in [5.74, 6) is 0.403. The van der Waals surface area contributed by atoms with Gasteiger partial charge in [0.2, 0.25) is 5.95 Å². The van der Waals surface area contributed by atoms with Crippen molar-refractivity contribution in [1.29, 1.82) is 0 Å². The zero-order chi connectivity index (χ0) is 16.2. The number of aryl methyl sites for hydroxylation is 2. The van der Waals surface area contributed by atoms with Crippen LogP contribution in [0.3, 0.4) is 0 Å². The first-order valence-electron chi connectivity index (χ1n) is 8.09. The highest BCUT2D eigenvalue weighted by Crippen LogP contribution is 2.19. The van der Waals surface area contributed by atoms with E-state index in [1.165, 1.54) is 24.0 Å². The molecular formula is C18H22N4O. The minimum atomic E-state index is -0.0883. The highest BCUT2D eigenvalue weighted by Gasteiger charge is 2.18. The molecule has 1 saturated carbocycles. The van der Waals surface area contributed by atoms with Crippen molar-refractivity contribution in [3.8, 4) is 0 Å². The van der Waals surface area contributed by atoms with E-state index in [0.29, 0.717) is 17.6 Å². The SMILES string of the molecule is Cc1ccc(Nc2ncc(C(=O)NC3CCCC3)cn2)cc1C. The van der Waals surface area contributed by atoms with Crippen LogP contribution in [0.15, 0.2) is 30.6 Å². The number of nitrogens with zero attached hydrogens (tertiary/aromatic N) is 2. The van der Waals surface area contributed by atoms with Crippen LogP contribution in [0.5, 0.6) is 0 Å². The molecule has 5 nitrogen and oxygen atoms in total. The van der Waals surface area contributed by atoms with Gasteiger partial charge in [0.25, 0.3) is 5.91 Å². The highest BCUT2D eigenvalue weighted by molar-refractivity contribution is 5.93. The van der Waals surface area contributed by atoms with E-state index >= 15 is 0 Å². The van der Waals surface area contributed by atoms with Gasteiger partial charge in [-0.3, -0.25) is 4.79 Å². The van der Waals surface area contributed by atoms with Crippen LogP contribution in [0.4, 0.5) is 11.6 Å². The summed E-state index contributed by atoms with van der Waals surface area (Å²) in [6, 6.07) is 6.41. The first kappa shape index (κ1) is 15.5. The predicted octanol–water partition coefficient (Wildman–Crippen LogP) is 3.51. The molecule has 1 aliphatic carbocycles. The summed E-state index contributed by atoms with van der Waals surface area (Å²) in [5.41, 5.74) is 3.90. The van der Waals surface area contributed by atoms with Crippen LogP contribution in [0, 0.1) is 13.8 Å². The Morgan fingerprint density at radius 2 is 1.78 bits per heavy atom. The summed E-state index contributed by atoms with van der Waals surface area (Å²) in [4.78, 5) is 20.6. The minimum absolute atomic E-state index is 0.0883. The first-order chi connectivity index (χ1) is 11.1. The van der Waals surface area contributed by atoms with Crippen LogP contribution in [0.25, 0.3) is 0 Å². The van der Waals surface area contributed by atoms with Gasteiger partial charge in [0, 0.05) is 24.1 Å². The molecule has 1 heterocycles. The Labute approximate surface area is 136 Å². The fourth-order valence-electron chi connectivity index (χ4n) is 2.80. The van der Waals surface area contributed by atoms with Gasteiger partial charge in [-0.25, -0.2) is 9.97 Å². The fraction of sp³-hybridized carbons (Fsp3) is 0.389. The van der Waals surface area contributed by atoms with Crippen molar-refractivity contribution in [2.24, 2.45) is 0 Å². The van der Waals surface area contributed by atoms with Crippen molar-refractivity contribution in [1.82, 2.24) is 15.3 Å². The number of anilines is 2. The Balaban J connectivity index is 1.64. The molecule has 0 saturated heterocycles. The maximum atomic E-state index is 12.1. The van der Waals surface area contributed by atoms with Gasteiger partial charge >= 0.3 is 0 Å². The average Bonchev–Trinajstić information content (AvgIpc) is 3.04. The lowest BCUT2D eigenvalue weighted by atomic mass is 10.1. The van der Waals surface area contributed by atoms with E-state index in [4.69, 9.17) is 0 Å². The Bertz CT molecular complexity index is 691. The molecular weight excluding hydrogens is 288 g/mol. The Morgan fingerprint density at radius 1 is 1.09 bits per heavy atom. The van der Waals surface area contributed by atoms with E-state index in [2.05, 4.69) is 46.6 Å². The Kier molecular flexibility index (Phi) is 4.55. The molecule has 0 radical (unpaired) electrons. The second-order valence-corrected chi connectivity index (χ2v) is 6.17. The third-order valence-electron chi connectivity index (χ3n) is 4.37. The third kappa shape index (κ3) is 3.86. The molecule has 1 fully saturated rings. The monoisotopic (exact) mass is 310 g/mol. The summed E-state index contributed by atoms with van der Waals surface area (Å²) < 4.78 is 0. The van der Waals surface area contributed by atoms with E-state index in [1.807, 2.05) is 6.07 Å². The Morgan fingerprint density at radius 3 is 2.43 bits per heavy atom. The van der Waals surface area contributed by atoms with Gasteiger partial charge in [0.15, 0.2) is 0 Å². The van der Waals surface area contributed by atoms with E-state index in [-0.39, 0.29) is 5.91 Å². The number of hydrogen-bond acceptors (Lipinski definition) is 4. The van der Waals surface area contributed by atoms with Gasteiger partial charge < -0.3 is 10.6 Å². The number of carbonyl (C=O) groups is 1. The largest absolute Gasteiger partial charge is 0.349 e. The first-order valence-corrected chi connectivity index (χ1v) is 8.09. The van der Waals surface area contributed by atoms with Crippen LogP contribution in [-0.4, -0.2) is 21.9 Å².